The number of amides is 1. The molecule has 0 bridgehead atoms. The summed E-state index contributed by atoms with van der Waals surface area (Å²) in [5, 5.41) is 0. The Kier molecular flexibility index (Phi) is 5.58. The largest absolute Gasteiger partial charge is 0.525 e. The summed E-state index contributed by atoms with van der Waals surface area (Å²) in [7, 11) is -1.04. The third-order valence-corrected chi connectivity index (χ3v) is 5.88. The van der Waals surface area contributed by atoms with Gasteiger partial charge >= 0.3 is 13.2 Å². The number of piperidine rings is 1. The lowest BCUT2D eigenvalue weighted by Crippen LogP contribution is -2.54. The summed E-state index contributed by atoms with van der Waals surface area (Å²) in [6.07, 6.45) is -0.372. The highest BCUT2D eigenvalue weighted by atomic mass is 19.1. The average Bonchev–Trinajstić information content (AvgIpc) is 2.62. The lowest BCUT2D eigenvalue weighted by atomic mass is 9.62. The van der Waals surface area contributed by atoms with Gasteiger partial charge in [-0.15, -0.1) is 0 Å². The second kappa shape index (κ2) is 6.73. The molecule has 7 heteroatoms. The number of nitrogens with zero attached hydrogens (tertiary/aromatic N) is 1. The number of rotatable bonds is 1. The minimum absolute atomic E-state index is 0.369. The number of hydrogen-bond donors (Lipinski definition) is 0. The number of carbonyl (C=O) groups excluding carboxylic acids is 1. The van der Waals surface area contributed by atoms with Crippen LogP contribution in [0.2, 0.25) is 0 Å². The van der Waals surface area contributed by atoms with E-state index in [-0.39, 0.29) is 11.8 Å². The van der Waals surface area contributed by atoms with Crippen LogP contribution in [0.15, 0.2) is 11.3 Å². The predicted octanol–water partition coefficient (Wildman–Crippen LogP) is 5.14. The van der Waals surface area contributed by atoms with Gasteiger partial charge in [0.2, 0.25) is 0 Å². The van der Waals surface area contributed by atoms with Crippen molar-refractivity contribution in [1.82, 2.24) is 4.90 Å². The highest BCUT2D eigenvalue weighted by Gasteiger charge is 2.56. The van der Waals surface area contributed by atoms with Gasteiger partial charge in [-0.25, -0.2) is 9.18 Å². The highest BCUT2D eigenvalue weighted by molar-refractivity contribution is 6.54. The van der Waals surface area contributed by atoms with Crippen molar-refractivity contribution < 1.29 is 23.2 Å². The molecule has 2 heterocycles. The van der Waals surface area contributed by atoms with E-state index in [1.54, 1.807) is 4.90 Å². The van der Waals surface area contributed by atoms with Crippen molar-refractivity contribution in [3.8, 4) is 0 Å². The van der Waals surface area contributed by atoms with Crippen molar-refractivity contribution in [3.63, 3.8) is 0 Å². The molecule has 2 fully saturated rings. The fourth-order valence-corrected chi connectivity index (χ4v) is 4.25. The summed E-state index contributed by atoms with van der Waals surface area (Å²) < 4.78 is 33.2. The zero-order chi connectivity index (χ0) is 21.9. The number of halogens is 1. The van der Waals surface area contributed by atoms with E-state index in [1.165, 1.54) is 0 Å². The molecule has 160 valence electrons. The zero-order valence-corrected chi connectivity index (χ0v) is 19.4. The molecule has 1 amide bonds. The molecule has 0 aromatic carbocycles. The molecule has 0 radical (unpaired) electrons. The van der Waals surface area contributed by atoms with Gasteiger partial charge in [0.25, 0.3) is 0 Å². The standard InChI is InChI=1S/C21H37BFNO4/c1-17(2,3)26-16(25)24-12-18(4,5)14(19(6,7)13-24)15(23)22-27-20(8,9)21(10,11)28-22/h12-13H2,1-11H3. The molecule has 2 saturated heterocycles. The van der Waals surface area contributed by atoms with Gasteiger partial charge in [0.05, 0.1) is 11.2 Å². The van der Waals surface area contributed by atoms with Crippen molar-refractivity contribution >= 4 is 13.2 Å². The normalized spacial score (nSPS) is 25.6. The van der Waals surface area contributed by atoms with Gasteiger partial charge < -0.3 is 18.9 Å². The van der Waals surface area contributed by atoms with Crippen LogP contribution >= 0.6 is 0 Å². The average molecular weight is 397 g/mol. The maximum absolute atomic E-state index is 15.8. The summed E-state index contributed by atoms with van der Waals surface area (Å²) in [4.78, 5) is 14.3. The van der Waals surface area contributed by atoms with Gasteiger partial charge in [-0.05, 0) is 54.0 Å². The first-order chi connectivity index (χ1) is 12.3. The summed E-state index contributed by atoms with van der Waals surface area (Å²) in [6.45, 7) is 21.7. The highest BCUT2D eigenvalue weighted by Crippen LogP contribution is 2.49. The molecule has 2 aliphatic heterocycles. The van der Waals surface area contributed by atoms with Crippen molar-refractivity contribution in [3.05, 3.63) is 11.3 Å². The molecular weight excluding hydrogens is 360 g/mol. The molecule has 0 aromatic rings. The Bertz CT molecular complexity index is 640. The van der Waals surface area contributed by atoms with Crippen molar-refractivity contribution in [2.75, 3.05) is 13.1 Å². The smallest absolute Gasteiger partial charge is 0.444 e. The topological polar surface area (TPSA) is 48.0 Å². The number of ether oxygens (including phenoxy) is 1. The Morgan fingerprint density at radius 1 is 0.964 bits per heavy atom. The van der Waals surface area contributed by atoms with E-state index >= 15 is 4.39 Å². The molecule has 2 aliphatic rings. The zero-order valence-electron chi connectivity index (χ0n) is 19.4. The number of hydrogen-bond acceptors (Lipinski definition) is 4. The van der Waals surface area contributed by atoms with E-state index in [2.05, 4.69) is 0 Å². The van der Waals surface area contributed by atoms with E-state index in [0.29, 0.717) is 18.7 Å². The Hall–Kier alpha value is -1.08. The Balaban J connectivity index is 2.37. The maximum atomic E-state index is 15.8. The maximum Gasteiger partial charge on any atom is 0.525 e. The van der Waals surface area contributed by atoms with Gasteiger partial charge in [-0.2, -0.15) is 0 Å². The lowest BCUT2D eigenvalue weighted by Gasteiger charge is -2.49. The minimum atomic E-state index is -1.04. The van der Waals surface area contributed by atoms with Crippen LogP contribution in [0.3, 0.4) is 0 Å². The molecule has 0 unspecified atom stereocenters. The third-order valence-electron chi connectivity index (χ3n) is 5.88. The number of likely N-dealkylation sites (tertiary alicyclic amines) is 1. The summed E-state index contributed by atoms with van der Waals surface area (Å²) >= 11 is 0. The van der Waals surface area contributed by atoms with Crippen molar-refractivity contribution in [1.29, 1.82) is 0 Å². The van der Waals surface area contributed by atoms with E-state index in [4.69, 9.17) is 14.0 Å². The summed E-state index contributed by atoms with van der Waals surface area (Å²) in [5.41, 5.74) is -2.72. The van der Waals surface area contributed by atoms with E-state index in [1.807, 2.05) is 76.2 Å². The van der Waals surface area contributed by atoms with Crippen LogP contribution < -0.4 is 0 Å². The molecular formula is C21H37BFNO4. The minimum Gasteiger partial charge on any atom is -0.444 e. The van der Waals surface area contributed by atoms with Crippen LogP contribution in [-0.2, 0) is 14.0 Å². The number of carbonyl (C=O) groups is 1. The van der Waals surface area contributed by atoms with Crippen LogP contribution in [-0.4, -0.2) is 48.0 Å². The second-order valence-corrected chi connectivity index (χ2v) is 11.4. The molecule has 0 aliphatic carbocycles. The second-order valence-electron chi connectivity index (χ2n) is 11.4. The first kappa shape index (κ1) is 23.2. The van der Waals surface area contributed by atoms with Crippen LogP contribution in [0.5, 0.6) is 0 Å². The van der Waals surface area contributed by atoms with Crippen molar-refractivity contribution in [2.45, 2.75) is 93.0 Å². The first-order valence-electron chi connectivity index (χ1n) is 10.0. The molecule has 0 atom stereocenters. The summed E-state index contributed by atoms with van der Waals surface area (Å²) in [6, 6.07) is 0. The van der Waals surface area contributed by atoms with Gasteiger partial charge in [0.1, 0.15) is 11.3 Å². The molecule has 0 aromatic heterocycles. The lowest BCUT2D eigenvalue weighted by molar-refractivity contribution is 0.00200. The van der Waals surface area contributed by atoms with E-state index in [0.717, 1.165) is 0 Å². The first-order valence-corrected chi connectivity index (χ1v) is 10.0. The molecule has 0 N–H and O–H groups in total. The van der Waals surface area contributed by atoms with E-state index in [9.17, 15) is 4.79 Å². The Morgan fingerprint density at radius 3 is 1.71 bits per heavy atom. The van der Waals surface area contributed by atoms with Gasteiger partial charge in [-0.1, -0.05) is 27.7 Å². The fourth-order valence-electron chi connectivity index (χ4n) is 4.25. The SMILES string of the molecule is CC(C)(C)OC(=O)N1CC(C)(C)C(=C(F)B2OC(C)(C)C(C)(C)O2)C(C)(C)C1. The molecule has 2 rings (SSSR count). The third kappa shape index (κ3) is 4.40. The molecule has 5 nitrogen and oxygen atoms in total. The van der Waals surface area contributed by atoms with Crippen LogP contribution in [0.25, 0.3) is 0 Å². The van der Waals surface area contributed by atoms with Crippen LogP contribution in [0.4, 0.5) is 9.18 Å². The Labute approximate surface area is 170 Å². The molecule has 0 spiro atoms. The van der Waals surface area contributed by atoms with Crippen LogP contribution in [0.1, 0.15) is 76.2 Å². The quantitative estimate of drug-likeness (QED) is 0.575. The fraction of sp³-hybridized carbons (Fsp3) is 0.857. The van der Waals surface area contributed by atoms with E-state index < -0.39 is 34.8 Å². The predicted molar refractivity (Wildman–Crippen MR) is 110 cm³/mol. The molecule has 28 heavy (non-hydrogen) atoms. The molecule has 0 saturated carbocycles. The summed E-state index contributed by atoms with van der Waals surface area (Å²) in [5.74, 6) is 0. The van der Waals surface area contributed by atoms with Crippen molar-refractivity contribution in [2.24, 2.45) is 10.8 Å². The monoisotopic (exact) mass is 397 g/mol. The van der Waals surface area contributed by atoms with Gasteiger partial charge in [0, 0.05) is 23.9 Å². The van der Waals surface area contributed by atoms with Crippen LogP contribution in [0, 0.1) is 10.8 Å². The van der Waals surface area contributed by atoms with Gasteiger partial charge in [0.15, 0.2) is 0 Å². The van der Waals surface area contributed by atoms with Gasteiger partial charge in [-0.3, -0.25) is 0 Å². The Morgan fingerprint density at radius 2 is 1.36 bits per heavy atom.